The minimum Gasteiger partial charge on any atom is -0.0648 e. The highest BCUT2D eigenvalue weighted by atomic mass is 14.6. The van der Waals surface area contributed by atoms with Crippen molar-refractivity contribution in [2.24, 2.45) is 34.5 Å². The number of fused-ring (bicyclic) bond motifs is 1. The van der Waals surface area contributed by atoms with E-state index in [1.165, 1.54) is 44.9 Å². The highest BCUT2D eigenvalue weighted by molar-refractivity contribution is 5.31. The summed E-state index contributed by atoms with van der Waals surface area (Å²) in [7, 11) is 0. The smallest absolute Gasteiger partial charge is 0.00796 e. The van der Waals surface area contributed by atoms with Crippen molar-refractivity contribution in [3.8, 4) is 0 Å². The van der Waals surface area contributed by atoms with Gasteiger partial charge in [0, 0.05) is 0 Å². The van der Waals surface area contributed by atoms with E-state index in [0.717, 1.165) is 29.6 Å². The Hall–Kier alpha value is -0.780. The van der Waals surface area contributed by atoms with Gasteiger partial charge in [-0.3, -0.25) is 0 Å². The Balaban J connectivity index is 1.56. The van der Waals surface area contributed by atoms with Gasteiger partial charge in [-0.1, -0.05) is 78.6 Å². The fourth-order valence-electron chi connectivity index (χ4n) is 7.24. The van der Waals surface area contributed by atoms with Crippen LogP contribution in [-0.4, -0.2) is 0 Å². The monoisotopic (exact) mass is 366 g/mol. The molecular weight excluding hydrogens is 324 g/mol. The maximum atomic E-state index is 2.56. The predicted octanol–water partition coefficient (Wildman–Crippen LogP) is 8.18. The Kier molecular flexibility index (Phi) is 5.01. The second-order valence-corrected chi connectivity index (χ2v) is 11.4. The first-order valence-electron chi connectivity index (χ1n) is 11.9. The van der Waals surface area contributed by atoms with Gasteiger partial charge in [0.2, 0.25) is 0 Å². The van der Waals surface area contributed by atoms with Crippen molar-refractivity contribution in [3.63, 3.8) is 0 Å². The van der Waals surface area contributed by atoms with Crippen molar-refractivity contribution in [2.45, 2.75) is 98.3 Å². The molecule has 0 aliphatic heterocycles. The Bertz CT molecular complexity index is 657. The lowest BCUT2D eigenvalue weighted by atomic mass is 9.54. The molecule has 0 saturated heterocycles. The Labute approximate surface area is 168 Å². The summed E-state index contributed by atoms with van der Waals surface area (Å²) in [5.74, 6) is 4.98. The van der Waals surface area contributed by atoms with Crippen LogP contribution in [0.1, 0.15) is 109 Å². The number of benzene rings is 1. The first kappa shape index (κ1) is 19.5. The van der Waals surface area contributed by atoms with Crippen LogP contribution in [-0.2, 0) is 0 Å². The standard InChI is InChI=1S/C27H42/c1-7-26(5)16-18(2)19(3)20(4)25(26)22-12-10-21(11-13-22)23-9-8-14-27(6)17-24(27)15-23/h10-13,18-20,23-25H,7-9,14-17H2,1-6H3. The molecule has 3 saturated carbocycles. The van der Waals surface area contributed by atoms with Crippen LogP contribution in [0.25, 0.3) is 0 Å². The second-order valence-electron chi connectivity index (χ2n) is 11.4. The highest BCUT2D eigenvalue weighted by Crippen LogP contribution is 2.62. The predicted molar refractivity (Wildman–Crippen MR) is 117 cm³/mol. The maximum Gasteiger partial charge on any atom is -0.00796 e. The molecule has 0 radical (unpaired) electrons. The van der Waals surface area contributed by atoms with Crippen molar-refractivity contribution < 1.29 is 0 Å². The topological polar surface area (TPSA) is 0 Å². The molecule has 3 aliphatic rings. The van der Waals surface area contributed by atoms with Gasteiger partial charge in [0.1, 0.15) is 0 Å². The molecule has 1 aromatic carbocycles. The van der Waals surface area contributed by atoms with Crippen molar-refractivity contribution in [1.82, 2.24) is 0 Å². The third-order valence-corrected chi connectivity index (χ3v) is 9.77. The fourth-order valence-corrected chi connectivity index (χ4v) is 7.24. The Morgan fingerprint density at radius 2 is 1.59 bits per heavy atom. The summed E-state index contributed by atoms with van der Waals surface area (Å²) in [6, 6.07) is 10.1. The van der Waals surface area contributed by atoms with Gasteiger partial charge >= 0.3 is 0 Å². The Morgan fingerprint density at radius 3 is 2.26 bits per heavy atom. The summed E-state index contributed by atoms with van der Waals surface area (Å²) in [5, 5.41) is 0. The van der Waals surface area contributed by atoms with E-state index in [1.807, 2.05) is 0 Å². The van der Waals surface area contributed by atoms with Crippen molar-refractivity contribution in [3.05, 3.63) is 35.4 Å². The number of hydrogen-bond donors (Lipinski definition) is 0. The molecule has 0 aromatic heterocycles. The molecule has 27 heavy (non-hydrogen) atoms. The van der Waals surface area contributed by atoms with Gasteiger partial charge in [-0.15, -0.1) is 0 Å². The van der Waals surface area contributed by atoms with E-state index in [9.17, 15) is 0 Å². The average Bonchev–Trinajstić information content (AvgIpc) is 3.31. The summed E-state index contributed by atoms with van der Waals surface area (Å²) in [6.07, 6.45) is 9.92. The average molecular weight is 367 g/mol. The molecule has 0 N–H and O–H groups in total. The third-order valence-electron chi connectivity index (χ3n) is 9.77. The van der Waals surface area contributed by atoms with Gasteiger partial charge in [-0.05, 0) is 89.6 Å². The third kappa shape index (κ3) is 3.40. The fraction of sp³-hybridized carbons (Fsp3) is 0.778. The SMILES string of the molecule is CCC1(C)CC(C)C(C)C(C)C1c1ccc(C2CCCC3(C)CC3C2)cc1. The molecule has 0 bridgehead atoms. The van der Waals surface area contributed by atoms with Gasteiger partial charge in [-0.2, -0.15) is 0 Å². The summed E-state index contributed by atoms with van der Waals surface area (Å²) in [6.45, 7) is 15.0. The Morgan fingerprint density at radius 1 is 0.926 bits per heavy atom. The summed E-state index contributed by atoms with van der Waals surface area (Å²) >= 11 is 0. The highest BCUT2D eigenvalue weighted by Gasteiger charge is 2.51. The van der Waals surface area contributed by atoms with Crippen LogP contribution < -0.4 is 0 Å². The van der Waals surface area contributed by atoms with Crippen molar-refractivity contribution in [1.29, 1.82) is 0 Å². The normalized spacial score (nSPS) is 47.2. The zero-order chi connectivity index (χ0) is 19.4. The molecular formula is C27H42. The van der Waals surface area contributed by atoms with Crippen molar-refractivity contribution >= 4 is 0 Å². The molecule has 8 unspecified atom stereocenters. The summed E-state index contributed by atoms with van der Waals surface area (Å²) in [4.78, 5) is 0. The summed E-state index contributed by atoms with van der Waals surface area (Å²) in [5.41, 5.74) is 4.39. The zero-order valence-corrected chi connectivity index (χ0v) is 18.7. The van der Waals surface area contributed by atoms with Crippen LogP contribution in [0.4, 0.5) is 0 Å². The largest absolute Gasteiger partial charge is 0.0648 e. The molecule has 0 heteroatoms. The zero-order valence-electron chi connectivity index (χ0n) is 18.7. The van der Waals surface area contributed by atoms with Gasteiger partial charge < -0.3 is 0 Å². The van der Waals surface area contributed by atoms with Gasteiger partial charge in [0.05, 0.1) is 0 Å². The van der Waals surface area contributed by atoms with Crippen LogP contribution in [0.15, 0.2) is 24.3 Å². The van der Waals surface area contributed by atoms with E-state index >= 15 is 0 Å². The van der Waals surface area contributed by atoms with Gasteiger partial charge in [0.25, 0.3) is 0 Å². The maximum absolute atomic E-state index is 2.56. The lowest BCUT2D eigenvalue weighted by Crippen LogP contribution is -2.41. The molecule has 0 heterocycles. The molecule has 4 rings (SSSR count). The molecule has 8 atom stereocenters. The second kappa shape index (κ2) is 6.93. The molecule has 0 amide bonds. The van der Waals surface area contributed by atoms with E-state index < -0.39 is 0 Å². The number of rotatable bonds is 3. The van der Waals surface area contributed by atoms with E-state index in [1.54, 1.807) is 11.1 Å². The lowest BCUT2D eigenvalue weighted by molar-refractivity contribution is 0.0359. The molecule has 150 valence electrons. The van der Waals surface area contributed by atoms with Crippen LogP contribution in [0.2, 0.25) is 0 Å². The van der Waals surface area contributed by atoms with Crippen LogP contribution in [0.3, 0.4) is 0 Å². The first-order valence-corrected chi connectivity index (χ1v) is 11.9. The van der Waals surface area contributed by atoms with E-state index in [4.69, 9.17) is 0 Å². The molecule has 0 nitrogen and oxygen atoms in total. The summed E-state index contributed by atoms with van der Waals surface area (Å²) < 4.78 is 0. The molecule has 0 spiro atoms. The van der Waals surface area contributed by atoms with E-state index in [0.29, 0.717) is 16.7 Å². The molecule has 3 fully saturated rings. The molecule has 3 aliphatic carbocycles. The van der Waals surface area contributed by atoms with Crippen LogP contribution in [0, 0.1) is 34.5 Å². The van der Waals surface area contributed by atoms with Gasteiger partial charge in [0.15, 0.2) is 0 Å². The van der Waals surface area contributed by atoms with Crippen LogP contribution in [0.5, 0.6) is 0 Å². The number of hydrogen-bond acceptors (Lipinski definition) is 0. The molecule has 1 aromatic rings. The first-order chi connectivity index (χ1) is 12.8. The minimum atomic E-state index is 0.449. The lowest BCUT2D eigenvalue weighted by Gasteiger charge is -2.51. The van der Waals surface area contributed by atoms with Gasteiger partial charge in [-0.25, -0.2) is 0 Å². The quantitative estimate of drug-likeness (QED) is 0.506. The van der Waals surface area contributed by atoms with Crippen molar-refractivity contribution in [2.75, 3.05) is 0 Å². The van der Waals surface area contributed by atoms with E-state index in [2.05, 4.69) is 65.8 Å². The minimum absolute atomic E-state index is 0.449. The van der Waals surface area contributed by atoms with Crippen LogP contribution >= 0.6 is 0 Å². The van der Waals surface area contributed by atoms with E-state index in [-0.39, 0.29) is 0 Å².